The number of hydrogen-bond acceptors (Lipinski definition) is 3. The van der Waals surface area contributed by atoms with Crippen LogP contribution < -0.4 is 0 Å². The molecule has 0 aliphatic carbocycles. The lowest BCUT2D eigenvalue weighted by Crippen LogP contribution is -2.08. The minimum absolute atomic E-state index is 0.348. The highest BCUT2D eigenvalue weighted by Crippen LogP contribution is 2.19. The Balaban J connectivity index is 2.51. The zero-order chi connectivity index (χ0) is 6.15. The van der Waals surface area contributed by atoms with Crippen molar-refractivity contribution in [2.45, 2.75) is 19.0 Å². The van der Waals surface area contributed by atoms with Gasteiger partial charge in [-0.1, -0.05) is 6.58 Å². The third-order valence-electron chi connectivity index (χ3n) is 1.07. The van der Waals surface area contributed by atoms with Crippen molar-refractivity contribution in [2.75, 3.05) is 0 Å². The molecule has 1 aliphatic rings. The Kier molecular flexibility index (Phi) is 1.33. The second kappa shape index (κ2) is 1.85. The predicted octanol–water partition coefficient (Wildman–Crippen LogP) is -0.400. The first-order chi connectivity index (χ1) is 3.70. The van der Waals surface area contributed by atoms with Crippen LogP contribution in [0.1, 0.15) is 6.42 Å². The van der Waals surface area contributed by atoms with Crippen LogP contribution in [0.15, 0.2) is 12.2 Å². The molecule has 0 bridgehead atoms. The van der Waals surface area contributed by atoms with Crippen molar-refractivity contribution >= 4 is 0 Å². The summed E-state index contributed by atoms with van der Waals surface area (Å²) in [5.74, 6) is 0. The Morgan fingerprint density at radius 1 is 1.62 bits per heavy atom. The number of hydrogen-bond donors (Lipinski definition) is 2. The molecule has 46 valence electrons. The van der Waals surface area contributed by atoms with Gasteiger partial charge in [0.05, 0.1) is 0 Å². The van der Waals surface area contributed by atoms with Crippen LogP contribution in [0.25, 0.3) is 0 Å². The quantitative estimate of drug-likeness (QED) is 0.423. The Bertz CT molecular complexity index is 110. The molecule has 2 N–H and O–H groups in total. The van der Waals surface area contributed by atoms with Crippen LogP contribution in [-0.2, 0) is 4.74 Å². The normalized spacial score (nSPS) is 38.5. The summed E-state index contributed by atoms with van der Waals surface area (Å²) < 4.78 is 4.48. The molecule has 0 radical (unpaired) electrons. The van der Waals surface area contributed by atoms with Crippen molar-refractivity contribution in [1.29, 1.82) is 0 Å². The highest BCUT2D eigenvalue weighted by Gasteiger charge is 2.24. The fourth-order valence-electron chi connectivity index (χ4n) is 0.618. The maximum absolute atomic E-state index is 8.69. The minimum atomic E-state index is -0.954. The van der Waals surface area contributed by atoms with Gasteiger partial charge in [0.1, 0.15) is 0 Å². The van der Waals surface area contributed by atoms with Crippen molar-refractivity contribution in [1.82, 2.24) is 0 Å². The first-order valence-corrected chi connectivity index (χ1v) is 2.39. The van der Waals surface area contributed by atoms with Gasteiger partial charge in [0.2, 0.25) is 0 Å². The van der Waals surface area contributed by atoms with E-state index in [1.165, 1.54) is 0 Å². The molecule has 2 unspecified atom stereocenters. The Morgan fingerprint density at radius 2 is 2.25 bits per heavy atom. The van der Waals surface area contributed by atoms with E-state index in [1.54, 1.807) is 0 Å². The summed E-state index contributed by atoms with van der Waals surface area (Å²) in [6.07, 6.45) is -1.45. The van der Waals surface area contributed by atoms with E-state index in [0.29, 0.717) is 12.0 Å². The third kappa shape index (κ3) is 0.888. The summed E-state index contributed by atoms with van der Waals surface area (Å²) in [6, 6.07) is 0. The summed E-state index contributed by atoms with van der Waals surface area (Å²) in [5.41, 5.74) is 0.539. The van der Waals surface area contributed by atoms with Crippen LogP contribution in [-0.4, -0.2) is 22.8 Å². The smallest absolute Gasteiger partial charge is 0.180 e. The standard InChI is InChI=1S/C5H8O3/c1-3-2-4(6)8-5(3)7/h4-7H,1-2H2. The van der Waals surface area contributed by atoms with E-state index in [9.17, 15) is 0 Å². The molecule has 0 aromatic carbocycles. The molecule has 0 amide bonds. The maximum atomic E-state index is 8.69. The van der Waals surface area contributed by atoms with Gasteiger partial charge in [0.25, 0.3) is 0 Å². The van der Waals surface area contributed by atoms with Gasteiger partial charge < -0.3 is 14.9 Å². The predicted molar refractivity (Wildman–Crippen MR) is 26.9 cm³/mol. The Labute approximate surface area is 47.2 Å². The van der Waals surface area contributed by atoms with Gasteiger partial charge in [0.15, 0.2) is 12.6 Å². The molecule has 0 saturated carbocycles. The van der Waals surface area contributed by atoms with Gasteiger partial charge >= 0.3 is 0 Å². The second-order valence-corrected chi connectivity index (χ2v) is 1.81. The van der Waals surface area contributed by atoms with Crippen molar-refractivity contribution in [3.8, 4) is 0 Å². The van der Waals surface area contributed by atoms with E-state index in [0.717, 1.165) is 0 Å². The largest absolute Gasteiger partial charge is 0.368 e. The van der Waals surface area contributed by atoms with E-state index < -0.39 is 12.6 Å². The summed E-state index contributed by atoms with van der Waals surface area (Å²) >= 11 is 0. The first kappa shape index (κ1) is 5.75. The highest BCUT2D eigenvalue weighted by molar-refractivity contribution is 5.02. The molecule has 1 aliphatic heterocycles. The van der Waals surface area contributed by atoms with E-state index in [-0.39, 0.29) is 0 Å². The van der Waals surface area contributed by atoms with Crippen LogP contribution >= 0.6 is 0 Å². The average Bonchev–Trinajstić information content (AvgIpc) is 1.85. The summed E-state index contributed by atoms with van der Waals surface area (Å²) in [5, 5.41) is 17.3. The summed E-state index contributed by atoms with van der Waals surface area (Å²) in [4.78, 5) is 0. The summed E-state index contributed by atoms with van der Waals surface area (Å²) in [7, 11) is 0. The number of ether oxygens (including phenoxy) is 1. The molecular formula is C5H8O3. The lowest BCUT2D eigenvalue weighted by Gasteiger charge is -1.99. The molecule has 1 fully saturated rings. The molecule has 1 heterocycles. The molecule has 1 rings (SSSR count). The lowest BCUT2D eigenvalue weighted by molar-refractivity contribution is -0.154. The maximum Gasteiger partial charge on any atom is 0.180 e. The van der Waals surface area contributed by atoms with Crippen molar-refractivity contribution in [3.05, 3.63) is 12.2 Å². The van der Waals surface area contributed by atoms with Crippen LogP contribution in [0.2, 0.25) is 0 Å². The molecule has 1 saturated heterocycles. The topological polar surface area (TPSA) is 49.7 Å². The van der Waals surface area contributed by atoms with Crippen LogP contribution in [0.4, 0.5) is 0 Å². The van der Waals surface area contributed by atoms with Crippen molar-refractivity contribution < 1.29 is 14.9 Å². The zero-order valence-electron chi connectivity index (χ0n) is 4.37. The monoisotopic (exact) mass is 116 g/mol. The second-order valence-electron chi connectivity index (χ2n) is 1.81. The van der Waals surface area contributed by atoms with Gasteiger partial charge in [-0.15, -0.1) is 0 Å². The molecule has 0 aromatic rings. The van der Waals surface area contributed by atoms with E-state index in [4.69, 9.17) is 10.2 Å². The molecule has 2 atom stereocenters. The Morgan fingerprint density at radius 3 is 2.38 bits per heavy atom. The number of rotatable bonds is 0. The molecule has 0 spiro atoms. The third-order valence-corrected chi connectivity index (χ3v) is 1.07. The molecule has 0 aromatic heterocycles. The van der Waals surface area contributed by atoms with Crippen LogP contribution in [0.3, 0.4) is 0 Å². The number of aliphatic hydroxyl groups is 2. The van der Waals surface area contributed by atoms with E-state index in [1.807, 2.05) is 0 Å². The Hall–Kier alpha value is -0.380. The molecular weight excluding hydrogens is 108 g/mol. The first-order valence-electron chi connectivity index (χ1n) is 2.39. The van der Waals surface area contributed by atoms with Crippen molar-refractivity contribution in [2.24, 2.45) is 0 Å². The molecule has 8 heavy (non-hydrogen) atoms. The minimum Gasteiger partial charge on any atom is -0.368 e. The lowest BCUT2D eigenvalue weighted by atomic mass is 10.2. The number of aliphatic hydroxyl groups excluding tert-OH is 2. The highest BCUT2D eigenvalue weighted by atomic mass is 16.7. The van der Waals surface area contributed by atoms with Gasteiger partial charge in [-0.05, 0) is 5.57 Å². The molecule has 3 nitrogen and oxygen atoms in total. The fourth-order valence-corrected chi connectivity index (χ4v) is 0.618. The van der Waals surface area contributed by atoms with Gasteiger partial charge in [0, 0.05) is 6.42 Å². The van der Waals surface area contributed by atoms with Crippen molar-refractivity contribution in [3.63, 3.8) is 0 Å². The summed E-state index contributed by atoms with van der Waals surface area (Å²) in [6.45, 7) is 3.45. The SMILES string of the molecule is C=C1CC(O)OC1O. The molecule has 3 heteroatoms. The van der Waals surface area contributed by atoms with Crippen LogP contribution in [0.5, 0.6) is 0 Å². The van der Waals surface area contributed by atoms with Gasteiger partial charge in [-0.2, -0.15) is 0 Å². The van der Waals surface area contributed by atoms with Gasteiger partial charge in [-0.3, -0.25) is 0 Å². The zero-order valence-corrected chi connectivity index (χ0v) is 4.37. The fraction of sp³-hybridized carbons (Fsp3) is 0.600. The van der Waals surface area contributed by atoms with Crippen LogP contribution in [0, 0.1) is 0 Å². The van der Waals surface area contributed by atoms with E-state index in [2.05, 4.69) is 11.3 Å². The van der Waals surface area contributed by atoms with E-state index >= 15 is 0 Å². The average molecular weight is 116 g/mol. The van der Waals surface area contributed by atoms with Gasteiger partial charge in [-0.25, -0.2) is 0 Å².